The third kappa shape index (κ3) is 8.95. The van der Waals surface area contributed by atoms with E-state index in [-0.39, 0.29) is 12.2 Å². The van der Waals surface area contributed by atoms with Crippen molar-refractivity contribution in [3.05, 3.63) is 54.1 Å². The summed E-state index contributed by atoms with van der Waals surface area (Å²) in [6.45, 7) is 5.14. The summed E-state index contributed by atoms with van der Waals surface area (Å²) in [5, 5.41) is 15.1. The van der Waals surface area contributed by atoms with Gasteiger partial charge in [-0.2, -0.15) is 11.8 Å². The molecule has 2 aromatic rings. The molecule has 2 aromatic carbocycles. The van der Waals surface area contributed by atoms with Gasteiger partial charge >= 0.3 is 6.09 Å². The number of alkyl carbamates (subject to hydrolysis) is 1. The molecule has 0 spiro atoms. The molecule has 10 heteroatoms. The highest BCUT2D eigenvalue weighted by molar-refractivity contribution is 7.98. The molecule has 198 valence electrons. The molecular formula is C27H33N3O6S. The van der Waals surface area contributed by atoms with Crippen molar-refractivity contribution in [3.8, 4) is 24.0 Å². The van der Waals surface area contributed by atoms with Gasteiger partial charge in [0.25, 0.3) is 11.8 Å². The summed E-state index contributed by atoms with van der Waals surface area (Å²) in [6, 6.07) is 12.5. The summed E-state index contributed by atoms with van der Waals surface area (Å²) >= 11 is 1.49. The van der Waals surface area contributed by atoms with Crippen LogP contribution in [-0.2, 0) is 14.3 Å². The van der Waals surface area contributed by atoms with Crippen LogP contribution in [0.15, 0.2) is 48.5 Å². The Bertz CT molecular complexity index is 1110. The normalized spacial score (nSPS) is 12.4. The van der Waals surface area contributed by atoms with E-state index in [1.807, 2.05) is 6.26 Å². The average molecular weight is 528 g/mol. The number of amides is 3. The Morgan fingerprint density at radius 2 is 1.73 bits per heavy atom. The van der Waals surface area contributed by atoms with Crippen LogP contribution in [0.2, 0.25) is 0 Å². The maximum Gasteiger partial charge on any atom is 0.408 e. The number of hydrogen-bond acceptors (Lipinski definition) is 7. The highest BCUT2D eigenvalue weighted by atomic mass is 32.2. The van der Waals surface area contributed by atoms with Crippen molar-refractivity contribution in [2.45, 2.75) is 44.9 Å². The molecular weight excluding hydrogens is 494 g/mol. The number of methoxy groups -OCH3 is 1. The third-order valence-electron chi connectivity index (χ3n) is 5.05. The maximum absolute atomic E-state index is 13.7. The highest BCUT2D eigenvalue weighted by Gasteiger charge is 2.36. The van der Waals surface area contributed by atoms with Crippen LogP contribution in [0.25, 0.3) is 0 Å². The van der Waals surface area contributed by atoms with Crippen molar-refractivity contribution >= 4 is 35.4 Å². The number of carbonyl (C=O) groups is 3. The molecule has 0 aliphatic rings. The van der Waals surface area contributed by atoms with E-state index in [2.05, 4.69) is 16.7 Å². The smallest absolute Gasteiger partial charge is 0.408 e. The fourth-order valence-electron chi connectivity index (χ4n) is 3.34. The summed E-state index contributed by atoms with van der Waals surface area (Å²) in [7, 11) is 1.53. The van der Waals surface area contributed by atoms with Gasteiger partial charge in [-0.1, -0.05) is 18.6 Å². The molecule has 3 amide bonds. The molecule has 2 rings (SSSR count). The second kappa shape index (κ2) is 13.5. The monoisotopic (exact) mass is 527 g/mol. The number of phenolic OH excluding ortho intramolecular Hbond substituents is 1. The topological polar surface area (TPSA) is 117 Å². The lowest BCUT2D eigenvalue weighted by molar-refractivity contribution is -0.136. The van der Waals surface area contributed by atoms with E-state index in [9.17, 15) is 19.5 Å². The second-order valence-electron chi connectivity index (χ2n) is 9.03. The van der Waals surface area contributed by atoms with Gasteiger partial charge in [0.15, 0.2) is 0 Å². The van der Waals surface area contributed by atoms with Crippen LogP contribution in [0.4, 0.5) is 10.5 Å². The van der Waals surface area contributed by atoms with Crippen LogP contribution in [0.3, 0.4) is 0 Å². The number of carbonyl (C=O) groups excluding carboxylic acids is 3. The Balaban J connectivity index is 2.41. The maximum atomic E-state index is 13.7. The molecule has 2 unspecified atom stereocenters. The van der Waals surface area contributed by atoms with Gasteiger partial charge in [0.1, 0.15) is 29.2 Å². The first-order valence-corrected chi connectivity index (χ1v) is 12.9. The summed E-state index contributed by atoms with van der Waals surface area (Å²) in [6.07, 6.45) is 7.13. The molecule has 0 fully saturated rings. The minimum atomic E-state index is -1.25. The number of thioether (sulfide) groups is 1. The molecule has 0 saturated carbocycles. The minimum absolute atomic E-state index is 0.0129. The number of benzene rings is 2. The highest BCUT2D eigenvalue weighted by Crippen LogP contribution is 2.26. The largest absolute Gasteiger partial charge is 0.508 e. The Kier molecular flexibility index (Phi) is 10.7. The Morgan fingerprint density at radius 1 is 1.11 bits per heavy atom. The third-order valence-corrected chi connectivity index (χ3v) is 5.69. The van der Waals surface area contributed by atoms with E-state index in [1.165, 1.54) is 43.1 Å². The molecule has 0 bridgehead atoms. The fourth-order valence-corrected chi connectivity index (χ4v) is 3.81. The van der Waals surface area contributed by atoms with Crippen molar-refractivity contribution < 1.29 is 29.0 Å². The number of phenols is 1. The number of aromatic hydroxyl groups is 1. The Hall–Kier alpha value is -3.84. The molecule has 0 radical (unpaired) electrons. The first kappa shape index (κ1) is 29.4. The van der Waals surface area contributed by atoms with Gasteiger partial charge in [-0.3, -0.25) is 14.5 Å². The van der Waals surface area contributed by atoms with Crippen LogP contribution in [0.1, 0.15) is 38.8 Å². The van der Waals surface area contributed by atoms with Crippen molar-refractivity contribution in [1.29, 1.82) is 0 Å². The zero-order valence-corrected chi connectivity index (χ0v) is 22.4. The van der Waals surface area contributed by atoms with Crippen molar-refractivity contribution in [2.75, 3.05) is 24.4 Å². The zero-order valence-electron chi connectivity index (χ0n) is 21.6. The van der Waals surface area contributed by atoms with Crippen LogP contribution < -0.4 is 15.4 Å². The SMILES string of the molecule is C#CN(C(=O)C(CCSC)NC(=O)OC(C)(C)C)C(C(=O)Nc1ccc(OC)cc1)c1ccc(O)cc1. The van der Waals surface area contributed by atoms with E-state index in [0.717, 1.165) is 4.90 Å². The van der Waals surface area contributed by atoms with E-state index < -0.39 is 35.6 Å². The lowest BCUT2D eigenvalue weighted by Gasteiger charge is -2.30. The molecule has 0 saturated heterocycles. The number of hydrogen-bond donors (Lipinski definition) is 3. The molecule has 37 heavy (non-hydrogen) atoms. The first-order chi connectivity index (χ1) is 17.5. The second-order valence-corrected chi connectivity index (χ2v) is 10.0. The fraction of sp³-hybridized carbons (Fsp3) is 0.370. The number of ether oxygens (including phenoxy) is 2. The summed E-state index contributed by atoms with van der Waals surface area (Å²) in [4.78, 5) is 40.6. The number of terminal acetylenes is 1. The van der Waals surface area contributed by atoms with Gasteiger partial charge in [-0.25, -0.2) is 4.79 Å². The van der Waals surface area contributed by atoms with E-state index in [0.29, 0.717) is 22.8 Å². The molecule has 2 atom stereocenters. The van der Waals surface area contributed by atoms with Crippen LogP contribution >= 0.6 is 11.8 Å². The quantitative estimate of drug-likeness (QED) is 0.314. The first-order valence-electron chi connectivity index (χ1n) is 11.5. The number of nitrogens with one attached hydrogen (secondary N) is 2. The molecule has 0 aliphatic heterocycles. The number of rotatable bonds is 10. The summed E-state index contributed by atoms with van der Waals surface area (Å²) in [5.41, 5.74) is 0.0660. The predicted molar refractivity (Wildman–Crippen MR) is 144 cm³/mol. The lowest BCUT2D eigenvalue weighted by Crippen LogP contribution is -2.51. The van der Waals surface area contributed by atoms with E-state index in [4.69, 9.17) is 15.9 Å². The van der Waals surface area contributed by atoms with Crippen molar-refractivity contribution in [1.82, 2.24) is 10.2 Å². The predicted octanol–water partition coefficient (Wildman–Crippen LogP) is 4.15. The zero-order chi connectivity index (χ0) is 27.6. The van der Waals surface area contributed by atoms with Gasteiger partial charge in [-0.15, -0.1) is 0 Å². The Labute approximate surface area is 221 Å². The average Bonchev–Trinajstić information content (AvgIpc) is 2.84. The molecule has 0 aromatic heterocycles. The minimum Gasteiger partial charge on any atom is -0.508 e. The standard InChI is InChI=1S/C27H33N3O6S/c1-7-30(25(33)22(16-17-37-6)29-26(34)36-27(2,3)4)23(18-8-12-20(31)13-9-18)24(32)28-19-10-14-21(35-5)15-11-19/h1,8-15,22-23,31H,16-17H2,2-6H3,(H,28,32)(H,29,34). The lowest BCUT2D eigenvalue weighted by atomic mass is 10.0. The van der Waals surface area contributed by atoms with Crippen LogP contribution in [0, 0.1) is 12.5 Å². The van der Waals surface area contributed by atoms with E-state index >= 15 is 0 Å². The molecule has 3 N–H and O–H groups in total. The summed E-state index contributed by atoms with van der Waals surface area (Å²) in [5.74, 6) is -0.0835. The van der Waals surface area contributed by atoms with Gasteiger partial charge < -0.3 is 25.2 Å². The Morgan fingerprint density at radius 3 is 2.24 bits per heavy atom. The number of anilines is 1. The van der Waals surface area contributed by atoms with Gasteiger partial charge in [0.05, 0.1) is 7.11 Å². The van der Waals surface area contributed by atoms with Gasteiger partial charge in [0, 0.05) is 11.7 Å². The van der Waals surface area contributed by atoms with E-state index in [1.54, 1.807) is 45.0 Å². The van der Waals surface area contributed by atoms with Crippen molar-refractivity contribution in [3.63, 3.8) is 0 Å². The molecule has 0 aliphatic carbocycles. The van der Waals surface area contributed by atoms with Crippen LogP contribution in [0.5, 0.6) is 11.5 Å². The number of nitrogens with zero attached hydrogens (tertiary/aromatic N) is 1. The van der Waals surface area contributed by atoms with Gasteiger partial charge in [-0.05, 0) is 81.2 Å². The van der Waals surface area contributed by atoms with Crippen LogP contribution in [-0.4, -0.2) is 58.7 Å². The van der Waals surface area contributed by atoms with Crippen molar-refractivity contribution in [2.24, 2.45) is 0 Å². The molecule has 9 nitrogen and oxygen atoms in total. The summed E-state index contributed by atoms with van der Waals surface area (Å²) < 4.78 is 10.5. The molecule has 0 heterocycles. The van der Waals surface area contributed by atoms with Gasteiger partial charge in [0.2, 0.25) is 0 Å².